The number of rotatable bonds is 5. The number of nitrogens with one attached hydrogen (secondary N) is 1. The number of urea groups is 1. The van der Waals surface area contributed by atoms with Crippen LogP contribution in [0.1, 0.15) is 57.8 Å². The van der Waals surface area contributed by atoms with Gasteiger partial charge in [0.25, 0.3) is 0 Å². The normalized spacial score (nSPS) is 27.3. The molecule has 0 spiro atoms. The highest BCUT2D eigenvalue weighted by Gasteiger charge is 2.25. The zero-order valence-corrected chi connectivity index (χ0v) is 15.3. The second-order valence-electron chi connectivity index (χ2n) is 8.04. The van der Waals surface area contributed by atoms with Crippen LogP contribution in [0.5, 0.6) is 0 Å². The lowest BCUT2D eigenvalue weighted by atomic mass is 9.88. The fourth-order valence-corrected chi connectivity index (χ4v) is 4.46. The van der Waals surface area contributed by atoms with E-state index in [1.165, 1.54) is 38.6 Å². The minimum atomic E-state index is 0.0660. The first-order valence-corrected chi connectivity index (χ1v) is 10.1. The standard InChI is InChI=1S/C19H35N3O2/c1-21(15-18-8-5-13-24-18)19(23)20-17-9-11-22(12-10-17)14-16-6-3-2-4-7-16/h16-18H,2-15H2,1H3,(H,20,23)/t18-/m1/s1. The Morgan fingerprint density at radius 3 is 2.50 bits per heavy atom. The number of ether oxygens (including phenoxy) is 1. The monoisotopic (exact) mass is 337 g/mol. The van der Waals surface area contributed by atoms with Crippen LogP contribution in [0.4, 0.5) is 4.79 Å². The summed E-state index contributed by atoms with van der Waals surface area (Å²) in [5, 5.41) is 3.22. The number of amides is 2. The molecule has 3 fully saturated rings. The Bertz CT molecular complexity index is 384. The number of hydrogen-bond donors (Lipinski definition) is 1. The highest BCUT2D eigenvalue weighted by molar-refractivity contribution is 5.74. The molecule has 0 bridgehead atoms. The fraction of sp³-hybridized carbons (Fsp3) is 0.947. The molecule has 2 aliphatic heterocycles. The minimum Gasteiger partial charge on any atom is -0.376 e. The summed E-state index contributed by atoms with van der Waals surface area (Å²) >= 11 is 0. The maximum atomic E-state index is 12.3. The fourth-order valence-electron chi connectivity index (χ4n) is 4.46. The first-order valence-electron chi connectivity index (χ1n) is 10.1. The van der Waals surface area contributed by atoms with Crippen molar-refractivity contribution < 1.29 is 9.53 Å². The SMILES string of the molecule is CN(C[C@H]1CCCO1)C(=O)NC1CCN(CC2CCCCC2)CC1. The summed E-state index contributed by atoms with van der Waals surface area (Å²) in [6.45, 7) is 5.11. The summed E-state index contributed by atoms with van der Waals surface area (Å²) in [4.78, 5) is 16.8. The second kappa shape index (κ2) is 9.04. The summed E-state index contributed by atoms with van der Waals surface area (Å²) in [5.41, 5.74) is 0. The van der Waals surface area contributed by atoms with E-state index >= 15 is 0 Å². The molecule has 0 aromatic carbocycles. The van der Waals surface area contributed by atoms with Crippen LogP contribution in [0.25, 0.3) is 0 Å². The number of hydrogen-bond acceptors (Lipinski definition) is 3. The number of likely N-dealkylation sites (tertiary alicyclic amines) is 1. The molecule has 0 unspecified atom stereocenters. The first-order chi connectivity index (χ1) is 11.7. The molecule has 2 amide bonds. The van der Waals surface area contributed by atoms with Gasteiger partial charge in [-0.3, -0.25) is 0 Å². The maximum Gasteiger partial charge on any atom is 0.317 e. The van der Waals surface area contributed by atoms with Crippen LogP contribution in [-0.4, -0.2) is 67.8 Å². The number of likely N-dealkylation sites (N-methyl/N-ethyl adjacent to an activating group) is 1. The van der Waals surface area contributed by atoms with E-state index < -0.39 is 0 Å². The molecule has 24 heavy (non-hydrogen) atoms. The Morgan fingerprint density at radius 2 is 1.83 bits per heavy atom. The number of piperidine rings is 1. The Hall–Kier alpha value is -0.810. The minimum absolute atomic E-state index is 0.0660. The van der Waals surface area contributed by atoms with Crippen molar-refractivity contribution in [1.82, 2.24) is 15.1 Å². The Labute approximate surface area is 147 Å². The Morgan fingerprint density at radius 1 is 1.08 bits per heavy atom. The van der Waals surface area contributed by atoms with Crippen molar-refractivity contribution in [3.8, 4) is 0 Å². The molecular weight excluding hydrogens is 302 g/mol. The lowest BCUT2D eigenvalue weighted by molar-refractivity contribution is 0.0859. The van der Waals surface area contributed by atoms with Crippen molar-refractivity contribution in [3.63, 3.8) is 0 Å². The van der Waals surface area contributed by atoms with Gasteiger partial charge in [0.05, 0.1) is 6.10 Å². The van der Waals surface area contributed by atoms with Crippen LogP contribution >= 0.6 is 0 Å². The van der Waals surface area contributed by atoms with E-state index in [0.717, 1.165) is 51.3 Å². The Kier molecular flexibility index (Phi) is 6.78. The van der Waals surface area contributed by atoms with Gasteiger partial charge in [-0.05, 0) is 44.4 Å². The summed E-state index contributed by atoms with van der Waals surface area (Å²) in [5.74, 6) is 0.919. The quantitative estimate of drug-likeness (QED) is 0.839. The third-order valence-electron chi connectivity index (χ3n) is 6.00. The lowest BCUT2D eigenvalue weighted by Crippen LogP contribution is -2.50. The average Bonchev–Trinajstić information content (AvgIpc) is 3.10. The van der Waals surface area contributed by atoms with Crippen molar-refractivity contribution in [2.75, 3.05) is 39.8 Å². The highest BCUT2D eigenvalue weighted by atomic mass is 16.5. The molecule has 1 N–H and O–H groups in total. The van der Waals surface area contributed by atoms with Gasteiger partial charge in [0, 0.05) is 45.9 Å². The molecule has 0 aromatic heterocycles. The van der Waals surface area contributed by atoms with Gasteiger partial charge in [-0.1, -0.05) is 19.3 Å². The second-order valence-corrected chi connectivity index (χ2v) is 8.04. The van der Waals surface area contributed by atoms with Crippen LogP contribution in [0.15, 0.2) is 0 Å². The van der Waals surface area contributed by atoms with Crippen LogP contribution in [-0.2, 0) is 4.74 Å². The zero-order valence-electron chi connectivity index (χ0n) is 15.3. The summed E-state index contributed by atoms with van der Waals surface area (Å²) in [6.07, 6.45) is 11.7. The number of carbonyl (C=O) groups excluding carboxylic acids is 1. The van der Waals surface area contributed by atoms with E-state index in [1.807, 2.05) is 7.05 Å². The third kappa shape index (κ3) is 5.35. The highest BCUT2D eigenvalue weighted by Crippen LogP contribution is 2.25. The van der Waals surface area contributed by atoms with Crippen molar-refractivity contribution in [2.45, 2.75) is 69.9 Å². The molecule has 5 nitrogen and oxygen atoms in total. The van der Waals surface area contributed by atoms with Crippen molar-refractivity contribution >= 4 is 6.03 Å². The molecule has 3 rings (SSSR count). The predicted molar refractivity (Wildman–Crippen MR) is 96.2 cm³/mol. The van der Waals surface area contributed by atoms with Crippen LogP contribution in [0.2, 0.25) is 0 Å². The number of nitrogens with zero attached hydrogens (tertiary/aromatic N) is 2. The molecular formula is C19H35N3O2. The van der Waals surface area contributed by atoms with Crippen molar-refractivity contribution in [2.24, 2.45) is 5.92 Å². The Balaban J connectivity index is 1.33. The van der Waals surface area contributed by atoms with E-state index in [-0.39, 0.29) is 12.1 Å². The molecule has 1 saturated carbocycles. The summed E-state index contributed by atoms with van der Waals surface area (Å²) < 4.78 is 5.62. The van der Waals surface area contributed by atoms with E-state index in [0.29, 0.717) is 12.6 Å². The van der Waals surface area contributed by atoms with Crippen LogP contribution in [0.3, 0.4) is 0 Å². The van der Waals surface area contributed by atoms with Gasteiger partial charge in [0.15, 0.2) is 0 Å². The molecule has 1 atom stereocenters. The van der Waals surface area contributed by atoms with E-state index in [1.54, 1.807) is 4.90 Å². The van der Waals surface area contributed by atoms with Gasteiger partial charge >= 0.3 is 6.03 Å². The molecule has 138 valence electrons. The topological polar surface area (TPSA) is 44.8 Å². The molecule has 5 heteroatoms. The van der Waals surface area contributed by atoms with Gasteiger partial charge in [0.2, 0.25) is 0 Å². The average molecular weight is 338 g/mol. The summed E-state index contributed by atoms with van der Waals surface area (Å²) in [7, 11) is 1.88. The number of carbonyl (C=O) groups is 1. The maximum absolute atomic E-state index is 12.3. The van der Waals surface area contributed by atoms with E-state index in [2.05, 4.69) is 10.2 Å². The molecule has 3 aliphatic rings. The molecule has 2 saturated heterocycles. The van der Waals surface area contributed by atoms with Gasteiger partial charge in [-0.2, -0.15) is 0 Å². The van der Waals surface area contributed by atoms with E-state index in [4.69, 9.17) is 4.74 Å². The molecule has 1 aliphatic carbocycles. The van der Waals surface area contributed by atoms with Gasteiger partial charge < -0.3 is 19.9 Å². The first kappa shape index (κ1) is 18.0. The third-order valence-corrected chi connectivity index (χ3v) is 6.00. The van der Waals surface area contributed by atoms with Gasteiger partial charge in [-0.15, -0.1) is 0 Å². The van der Waals surface area contributed by atoms with Gasteiger partial charge in [0.1, 0.15) is 0 Å². The predicted octanol–water partition coefficient (Wildman–Crippen LogP) is 2.85. The van der Waals surface area contributed by atoms with Gasteiger partial charge in [-0.25, -0.2) is 4.79 Å². The molecule has 0 radical (unpaired) electrons. The van der Waals surface area contributed by atoms with E-state index in [9.17, 15) is 4.79 Å². The van der Waals surface area contributed by atoms with Crippen LogP contribution in [0, 0.1) is 5.92 Å². The van der Waals surface area contributed by atoms with Crippen molar-refractivity contribution in [3.05, 3.63) is 0 Å². The zero-order chi connectivity index (χ0) is 16.8. The lowest BCUT2D eigenvalue weighted by Gasteiger charge is -2.36. The molecule has 2 heterocycles. The smallest absolute Gasteiger partial charge is 0.317 e. The van der Waals surface area contributed by atoms with Crippen molar-refractivity contribution in [1.29, 1.82) is 0 Å². The molecule has 0 aromatic rings. The largest absolute Gasteiger partial charge is 0.376 e. The summed E-state index contributed by atoms with van der Waals surface area (Å²) in [6, 6.07) is 0.406. The van der Waals surface area contributed by atoms with Crippen LogP contribution < -0.4 is 5.32 Å².